The van der Waals surface area contributed by atoms with Gasteiger partial charge in [-0.2, -0.15) is 0 Å². The van der Waals surface area contributed by atoms with Crippen molar-refractivity contribution in [1.29, 1.82) is 0 Å². The fourth-order valence-corrected chi connectivity index (χ4v) is 2.21. The van der Waals surface area contributed by atoms with Gasteiger partial charge in [0.25, 0.3) is 0 Å². The maximum absolute atomic E-state index is 9.71. The fourth-order valence-electron chi connectivity index (χ4n) is 1.62. The molecule has 0 aliphatic carbocycles. The molecule has 20 heavy (non-hydrogen) atoms. The van der Waals surface area contributed by atoms with E-state index in [1.165, 1.54) is 0 Å². The molecule has 0 heterocycles. The van der Waals surface area contributed by atoms with Crippen molar-refractivity contribution in [1.82, 2.24) is 5.32 Å². The molecule has 3 nitrogen and oxygen atoms in total. The van der Waals surface area contributed by atoms with E-state index in [0.717, 1.165) is 5.56 Å². The third-order valence-corrected chi connectivity index (χ3v) is 3.25. The molecule has 1 aromatic rings. The highest BCUT2D eigenvalue weighted by Crippen LogP contribution is 2.33. The van der Waals surface area contributed by atoms with Crippen molar-refractivity contribution in [2.75, 3.05) is 6.61 Å². The normalized spacial score (nSPS) is 12.0. The van der Waals surface area contributed by atoms with Crippen LogP contribution in [0.2, 0.25) is 10.0 Å². The van der Waals surface area contributed by atoms with Gasteiger partial charge in [0.15, 0.2) is 0 Å². The number of nitrogens with one attached hydrogen (secondary N) is 1. The minimum Gasteiger partial charge on any atom is -0.492 e. The first kappa shape index (κ1) is 17.6. The van der Waals surface area contributed by atoms with Crippen LogP contribution in [0.25, 0.3) is 0 Å². The predicted octanol–water partition coefficient (Wildman–Crippen LogP) is 4.03. The van der Waals surface area contributed by atoms with E-state index in [1.807, 2.05) is 6.07 Å². The summed E-state index contributed by atoms with van der Waals surface area (Å²) in [6, 6.07) is 3.88. The molecule has 5 heteroatoms. The van der Waals surface area contributed by atoms with E-state index in [1.54, 1.807) is 19.9 Å². The van der Waals surface area contributed by atoms with Crippen LogP contribution in [0.15, 0.2) is 12.1 Å². The quantitative estimate of drug-likeness (QED) is 0.797. The lowest BCUT2D eigenvalue weighted by Crippen LogP contribution is -2.23. The average Bonchev–Trinajstić information content (AvgIpc) is 2.27. The maximum Gasteiger partial charge on any atom is 0.142 e. The largest absolute Gasteiger partial charge is 0.492 e. The SMILES string of the molecule is CC(C)NCc1cc(Cl)cc(Cl)c1OCCC(C)(C)O. The van der Waals surface area contributed by atoms with Crippen molar-refractivity contribution >= 4 is 23.2 Å². The van der Waals surface area contributed by atoms with Crippen molar-refractivity contribution < 1.29 is 9.84 Å². The van der Waals surface area contributed by atoms with Gasteiger partial charge in [0.2, 0.25) is 0 Å². The molecule has 1 aromatic carbocycles. The van der Waals surface area contributed by atoms with E-state index in [-0.39, 0.29) is 0 Å². The number of ether oxygens (including phenoxy) is 1. The number of hydrogen-bond acceptors (Lipinski definition) is 3. The zero-order valence-electron chi connectivity index (χ0n) is 12.5. The van der Waals surface area contributed by atoms with Crippen LogP contribution in [0.5, 0.6) is 5.75 Å². The van der Waals surface area contributed by atoms with Crippen LogP contribution in [0.4, 0.5) is 0 Å². The maximum atomic E-state index is 9.71. The summed E-state index contributed by atoms with van der Waals surface area (Å²) in [6.45, 7) is 8.68. The highest BCUT2D eigenvalue weighted by molar-refractivity contribution is 6.35. The summed E-state index contributed by atoms with van der Waals surface area (Å²) in [5.74, 6) is 0.633. The first-order chi connectivity index (χ1) is 9.19. The summed E-state index contributed by atoms with van der Waals surface area (Å²) < 4.78 is 5.74. The molecule has 0 unspecified atom stereocenters. The Morgan fingerprint density at radius 1 is 1.30 bits per heavy atom. The zero-order chi connectivity index (χ0) is 15.3. The topological polar surface area (TPSA) is 41.5 Å². The molecule has 0 amide bonds. The van der Waals surface area contributed by atoms with E-state index in [0.29, 0.717) is 41.4 Å². The summed E-state index contributed by atoms with van der Waals surface area (Å²) in [5, 5.41) is 14.1. The lowest BCUT2D eigenvalue weighted by Gasteiger charge is -2.19. The van der Waals surface area contributed by atoms with Gasteiger partial charge in [0, 0.05) is 29.6 Å². The van der Waals surface area contributed by atoms with Crippen LogP contribution in [-0.4, -0.2) is 23.4 Å². The van der Waals surface area contributed by atoms with Crippen LogP contribution >= 0.6 is 23.2 Å². The second-order valence-corrected chi connectivity index (χ2v) is 6.67. The molecule has 0 fully saturated rings. The first-order valence-electron chi connectivity index (χ1n) is 6.75. The summed E-state index contributed by atoms with van der Waals surface area (Å²) in [5.41, 5.74) is 0.168. The Labute approximate surface area is 131 Å². The fraction of sp³-hybridized carbons (Fsp3) is 0.600. The predicted molar refractivity (Wildman–Crippen MR) is 84.8 cm³/mol. The van der Waals surface area contributed by atoms with Crippen LogP contribution in [0.3, 0.4) is 0 Å². The number of halogens is 2. The first-order valence-corrected chi connectivity index (χ1v) is 7.51. The van der Waals surface area contributed by atoms with Gasteiger partial charge < -0.3 is 15.2 Å². The Morgan fingerprint density at radius 2 is 1.95 bits per heavy atom. The Balaban J connectivity index is 2.81. The van der Waals surface area contributed by atoms with E-state index < -0.39 is 5.60 Å². The molecule has 0 aliphatic heterocycles. The van der Waals surface area contributed by atoms with E-state index in [4.69, 9.17) is 27.9 Å². The van der Waals surface area contributed by atoms with Gasteiger partial charge in [-0.1, -0.05) is 37.0 Å². The second-order valence-electron chi connectivity index (χ2n) is 5.82. The lowest BCUT2D eigenvalue weighted by molar-refractivity contribution is 0.0552. The second kappa shape index (κ2) is 7.51. The summed E-state index contributed by atoms with van der Waals surface area (Å²) >= 11 is 12.2. The van der Waals surface area contributed by atoms with Crippen LogP contribution in [-0.2, 0) is 6.54 Å². The highest BCUT2D eigenvalue weighted by Gasteiger charge is 2.15. The smallest absolute Gasteiger partial charge is 0.142 e. The van der Waals surface area contributed by atoms with E-state index in [2.05, 4.69) is 19.2 Å². The van der Waals surface area contributed by atoms with Crippen LogP contribution in [0.1, 0.15) is 39.7 Å². The van der Waals surface area contributed by atoms with E-state index in [9.17, 15) is 5.11 Å². The molecule has 1 rings (SSSR count). The number of benzene rings is 1. The van der Waals surface area contributed by atoms with Crippen molar-refractivity contribution in [3.63, 3.8) is 0 Å². The molecular weight excluding hydrogens is 297 g/mol. The third kappa shape index (κ3) is 6.31. The Bertz CT molecular complexity index is 442. The average molecular weight is 320 g/mol. The van der Waals surface area contributed by atoms with Crippen molar-refractivity contribution in [2.45, 2.75) is 52.3 Å². The Morgan fingerprint density at radius 3 is 2.50 bits per heavy atom. The highest BCUT2D eigenvalue weighted by atomic mass is 35.5. The summed E-state index contributed by atoms with van der Waals surface area (Å²) in [4.78, 5) is 0. The molecule has 0 aliphatic rings. The van der Waals surface area contributed by atoms with Crippen molar-refractivity contribution in [3.8, 4) is 5.75 Å². The molecular formula is C15H23Cl2NO2. The lowest BCUT2D eigenvalue weighted by atomic mass is 10.1. The monoisotopic (exact) mass is 319 g/mol. The van der Waals surface area contributed by atoms with Gasteiger partial charge in [-0.25, -0.2) is 0 Å². The van der Waals surface area contributed by atoms with Gasteiger partial charge in [-0.05, 0) is 26.0 Å². The molecule has 0 radical (unpaired) electrons. The third-order valence-electron chi connectivity index (χ3n) is 2.75. The molecule has 0 atom stereocenters. The number of hydrogen-bond donors (Lipinski definition) is 2. The van der Waals surface area contributed by atoms with Crippen LogP contribution < -0.4 is 10.1 Å². The van der Waals surface area contributed by atoms with Gasteiger partial charge >= 0.3 is 0 Å². The molecule has 114 valence electrons. The molecule has 2 N–H and O–H groups in total. The van der Waals surface area contributed by atoms with Gasteiger partial charge in [-0.15, -0.1) is 0 Å². The summed E-state index contributed by atoms with van der Waals surface area (Å²) in [7, 11) is 0. The van der Waals surface area contributed by atoms with Crippen LogP contribution in [0, 0.1) is 0 Å². The molecule has 0 saturated heterocycles. The van der Waals surface area contributed by atoms with Gasteiger partial charge in [-0.3, -0.25) is 0 Å². The Kier molecular flexibility index (Phi) is 6.59. The minimum absolute atomic E-state index is 0.358. The molecule has 0 bridgehead atoms. The number of aliphatic hydroxyl groups is 1. The standard InChI is InChI=1S/C15H23Cl2NO2/c1-10(2)18-9-11-7-12(16)8-13(17)14(11)20-6-5-15(3,4)19/h7-8,10,18-19H,5-6,9H2,1-4H3. The molecule has 0 spiro atoms. The van der Waals surface area contributed by atoms with Crippen molar-refractivity contribution in [2.24, 2.45) is 0 Å². The van der Waals surface area contributed by atoms with E-state index >= 15 is 0 Å². The minimum atomic E-state index is -0.755. The molecule has 0 saturated carbocycles. The van der Waals surface area contributed by atoms with Crippen molar-refractivity contribution in [3.05, 3.63) is 27.7 Å². The zero-order valence-corrected chi connectivity index (χ0v) is 14.0. The Hall–Kier alpha value is -0.480. The van der Waals surface area contributed by atoms with Gasteiger partial charge in [0.1, 0.15) is 5.75 Å². The summed E-state index contributed by atoms with van der Waals surface area (Å²) in [6.07, 6.45) is 0.531. The molecule has 0 aromatic heterocycles. The number of rotatable bonds is 7. The van der Waals surface area contributed by atoms with Gasteiger partial charge in [0.05, 0.1) is 17.2 Å².